The highest BCUT2D eigenvalue weighted by molar-refractivity contribution is 8.18. The smallest absolute Gasteiger partial charge is 0.293 e. The fraction of sp³-hybridized carbons (Fsp3) is 0.261. The molecular weight excluding hydrogens is 417 g/mol. The number of benzene rings is 2. The quantitative estimate of drug-likeness (QED) is 0.699. The van der Waals surface area contributed by atoms with Crippen molar-refractivity contribution in [1.82, 2.24) is 10.2 Å². The molecule has 2 aromatic rings. The van der Waals surface area contributed by atoms with E-state index in [2.05, 4.69) is 16.3 Å². The van der Waals surface area contributed by atoms with Crippen molar-refractivity contribution in [2.24, 2.45) is 0 Å². The average Bonchev–Trinajstić information content (AvgIpc) is 3.31. The van der Waals surface area contributed by atoms with Crippen LogP contribution in [0.4, 0.5) is 14.9 Å². The van der Waals surface area contributed by atoms with Crippen molar-refractivity contribution in [3.8, 4) is 0 Å². The summed E-state index contributed by atoms with van der Waals surface area (Å²) in [5, 5.41) is 2.39. The first kappa shape index (κ1) is 21.1. The molecular formula is C23H22FN3O3S. The third-order valence-corrected chi connectivity index (χ3v) is 6.38. The van der Waals surface area contributed by atoms with Crippen LogP contribution in [-0.4, -0.2) is 47.6 Å². The van der Waals surface area contributed by atoms with Crippen LogP contribution in [0.15, 0.2) is 53.4 Å². The summed E-state index contributed by atoms with van der Waals surface area (Å²) in [7, 11) is 0. The van der Waals surface area contributed by atoms with Crippen molar-refractivity contribution >= 4 is 40.6 Å². The molecule has 6 nitrogen and oxygen atoms in total. The summed E-state index contributed by atoms with van der Waals surface area (Å²) in [5.74, 6) is -1.10. The van der Waals surface area contributed by atoms with Crippen LogP contribution in [0.5, 0.6) is 0 Å². The van der Waals surface area contributed by atoms with Gasteiger partial charge in [0.15, 0.2) is 0 Å². The van der Waals surface area contributed by atoms with E-state index >= 15 is 0 Å². The largest absolute Gasteiger partial charge is 0.359 e. The summed E-state index contributed by atoms with van der Waals surface area (Å²) in [6.07, 6.45) is 2.28. The molecule has 0 aromatic heterocycles. The molecule has 0 unspecified atom stereocenters. The highest BCUT2D eigenvalue weighted by Crippen LogP contribution is 2.32. The number of fused-ring (bicyclic) bond motifs is 1. The molecule has 0 bridgehead atoms. The Hall–Kier alpha value is -3.13. The predicted octanol–water partition coefficient (Wildman–Crippen LogP) is 3.43. The highest BCUT2D eigenvalue weighted by Gasteiger charge is 2.35. The first-order valence-corrected chi connectivity index (χ1v) is 10.9. The lowest BCUT2D eigenvalue weighted by Gasteiger charge is -2.26. The molecule has 4 rings (SSSR count). The molecule has 1 atom stereocenters. The van der Waals surface area contributed by atoms with Gasteiger partial charge in [-0.1, -0.05) is 36.4 Å². The SMILES string of the molecule is C[C@H](C(=O)NCCN1C(=O)S/C(=C\c2ccccc2F)C1=O)N1CCc2ccccc21. The van der Waals surface area contributed by atoms with E-state index in [9.17, 15) is 18.8 Å². The van der Waals surface area contributed by atoms with E-state index in [1.807, 2.05) is 25.1 Å². The van der Waals surface area contributed by atoms with E-state index in [-0.39, 0.29) is 35.5 Å². The van der Waals surface area contributed by atoms with Gasteiger partial charge in [-0.25, -0.2) is 4.39 Å². The predicted molar refractivity (Wildman–Crippen MR) is 119 cm³/mol. The van der Waals surface area contributed by atoms with E-state index < -0.39 is 17.0 Å². The monoisotopic (exact) mass is 439 g/mol. The van der Waals surface area contributed by atoms with Gasteiger partial charge >= 0.3 is 0 Å². The van der Waals surface area contributed by atoms with E-state index in [1.165, 1.54) is 17.7 Å². The Morgan fingerprint density at radius 3 is 2.74 bits per heavy atom. The van der Waals surface area contributed by atoms with Gasteiger partial charge < -0.3 is 10.2 Å². The lowest BCUT2D eigenvalue weighted by Crippen LogP contribution is -2.46. The third kappa shape index (κ3) is 4.34. The lowest BCUT2D eigenvalue weighted by atomic mass is 10.1. The molecule has 0 radical (unpaired) electrons. The highest BCUT2D eigenvalue weighted by atomic mass is 32.2. The second-order valence-electron chi connectivity index (χ2n) is 7.39. The van der Waals surface area contributed by atoms with Gasteiger partial charge in [0.2, 0.25) is 5.91 Å². The van der Waals surface area contributed by atoms with Crippen LogP contribution >= 0.6 is 11.8 Å². The molecule has 0 aliphatic carbocycles. The summed E-state index contributed by atoms with van der Waals surface area (Å²) in [6.45, 7) is 2.84. The second-order valence-corrected chi connectivity index (χ2v) is 8.39. The Morgan fingerprint density at radius 1 is 1.19 bits per heavy atom. The average molecular weight is 440 g/mol. The van der Waals surface area contributed by atoms with Gasteiger partial charge in [-0.15, -0.1) is 0 Å². The number of nitrogens with zero attached hydrogens (tertiary/aromatic N) is 2. The van der Waals surface area contributed by atoms with Crippen molar-refractivity contribution in [3.05, 3.63) is 70.4 Å². The summed E-state index contributed by atoms with van der Waals surface area (Å²) in [5.41, 5.74) is 2.54. The zero-order valence-corrected chi connectivity index (χ0v) is 17.8. The van der Waals surface area contributed by atoms with Crippen LogP contribution in [0.1, 0.15) is 18.1 Å². The van der Waals surface area contributed by atoms with Crippen LogP contribution in [0.3, 0.4) is 0 Å². The maximum Gasteiger partial charge on any atom is 0.293 e. The van der Waals surface area contributed by atoms with Crippen molar-refractivity contribution in [2.45, 2.75) is 19.4 Å². The maximum absolute atomic E-state index is 13.8. The number of anilines is 1. The molecule has 2 aromatic carbocycles. The summed E-state index contributed by atoms with van der Waals surface area (Å²) < 4.78 is 13.8. The van der Waals surface area contributed by atoms with Crippen molar-refractivity contribution in [1.29, 1.82) is 0 Å². The number of nitrogens with one attached hydrogen (secondary N) is 1. The standard InChI is InChI=1S/C23H22FN3O3S/c1-15(26-12-10-16-6-3-5-9-19(16)26)21(28)25-11-13-27-22(29)20(31-23(27)30)14-17-7-2-4-8-18(17)24/h2-9,14-15H,10-13H2,1H3,(H,25,28)/b20-14-/t15-/m1/s1. The minimum Gasteiger partial charge on any atom is -0.359 e. The number of hydrogen-bond acceptors (Lipinski definition) is 5. The molecule has 2 aliphatic heterocycles. The van der Waals surface area contributed by atoms with Gasteiger partial charge in [0.25, 0.3) is 11.1 Å². The van der Waals surface area contributed by atoms with E-state index in [4.69, 9.17) is 0 Å². The molecule has 1 saturated heterocycles. The normalized spacial score (nSPS) is 17.9. The first-order chi connectivity index (χ1) is 15.0. The summed E-state index contributed by atoms with van der Waals surface area (Å²) >= 11 is 0.774. The molecule has 2 heterocycles. The lowest BCUT2D eigenvalue weighted by molar-refractivity contribution is -0.124. The number of hydrogen-bond donors (Lipinski definition) is 1. The Morgan fingerprint density at radius 2 is 1.94 bits per heavy atom. The van der Waals surface area contributed by atoms with Crippen LogP contribution in [0.2, 0.25) is 0 Å². The number of carbonyl (C=O) groups is 3. The second kappa shape index (κ2) is 8.93. The number of carbonyl (C=O) groups excluding carboxylic acids is 3. The van der Waals surface area contributed by atoms with E-state index in [1.54, 1.807) is 18.2 Å². The van der Waals surface area contributed by atoms with Gasteiger partial charge in [0.1, 0.15) is 11.9 Å². The zero-order chi connectivity index (χ0) is 22.0. The molecule has 160 valence electrons. The topological polar surface area (TPSA) is 69.7 Å². The van der Waals surface area contributed by atoms with Gasteiger partial charge in [-0.05, 0) is 48.9 Å². The third-order valence-electron chi connectivity index (χ3n) is 5.47. The van der Waals surface area contributed by atoms with Gasteiger partial charge in [0, 0.05) is 30.9 Å². The molecule has 8 heteroatoms. The minimum atomic E-state index is -0.478. The molecule has 0 spiro atoms. The zero-order valence-electron chi connectivity index (χ0n) is 17.0. The van der Waals surface area contributed by atoms with Gasteiger partial charge in [-0.3, -0.25) is 19.3 Å². The van der Waals surface area contributed by atoms with Crippen LogP contribution in [0.25, 0.3) is 6.08 Å². The molecule has 31 heavy (non-hydrogen) atoms. The molecule has 2 aliphatic rings. The number of rotatable bonds is 6. The molecule has 0 saturated carbocycles. The van der Waals surface area contributed by atoms with Crippen LogP contribution < -0.4 is 10.2 Å². The van der Waals surface area contributed by atoms with Crippen LogP contribution in [0, 0.1) is 5.82 Å². The van der Waals surface area contributed by atoms with Gasteiger partial charge in [0.05, 0.1) is 4.91 Å². The van der Waals surface area contributed by atoms with Crippen molar-refractivity contribution in [3.63, 3.8) is 0 Å². The molecule has 3 amide bonds. The molecule has 1 fully saturated rings. The fourth-order valence-electron chi connectivity index (χ4n) is 3.77. The Labute approximate surface area is 184 Å². The first-order valence-electron chi connectivity index (χ1n) is 10.1. The van der Waals surface area contributed by atoms with Gasteiger partial charge in [-0.2, -0.15) is 0 Å². The fourth-order valence-corrected chi connectivity index (χ4v) is 4.63. The Bertz CT molecular complexity index is 1070. The summed E-state index contributed by atoms with van der Waals surface area (Å²) in [6, 6.07) is 13.7. The number of halogens is 1. The van der Waals surface area contributed by atoms with Crippen molar-refractivity contribution in [2.75, 3.05) is 24.5 Å². The van der Waals surface area contributed by atoms with E-state index in [0.717, 1.165) is 35.3 Å². The molecule has 1 N–H and O–H groups in total. The number of amides is 3. The summed E-state index contributed by atoms with van der Waals surface area (Å²) in [4.78, 5) is 40.7. The Balaban J connectivity index is 1.33. The number of thioether (sulfide) groups is 1. The Kier molecular flexibility index (Phi) is 6.08. The number of imide groups is 1. The maximum atomic E-state index is 13.8. The number of para-hydroxylation sites is 1. The van der Waals surface area contributed by atoms with Crippen molar-refractivity contribution < 1.29 is 18.8 Å². The van der Waals surface area contributed by atoms with E-state index in [0.29, 0.717) is 0 Å². The van der Waals surface area contributed by atoms with Crippen LogP contribution in [-0.2, 0) is 16.0 Å². The minimum absolute atomic E-state index is 0.0638.